The Morgan fingerprint density at radius 2 is 2.14 bits per heavy atom. The molecule has 29 heavy (non-hydrogen) atoms. The summed E-state index contributed by atoms with van der Waals surface area (Å²) in [6.07, 6.45) is 1.75. The van der Waals surface area contributed by atoms with Gasteiger partial charge in [-0.2, -0.15) is 9.71 Å². The number of nitrogens with two attached hydrogens (primary N) is 1. The first-order valence-corrected chi connectivity index (χ1v) is 9.56. The van der Waals surface area contributed by atoms with Crippen molar-refractivity contribution in [3.63, 3.8) is 0 Å². The van der Waals surface area contributed by atoms with Gasteiger partial charge in [0.25, 0.3) is 0 Å². The van der Waals surface area contributed by atoms with E-state index in [9.17, 15) is 10.0 Å². The van der Waals surface area contributed by atoms with Gasteiger partial charge in [-0.3, -0.25) is 4.79 Å². The molecule has 1 atom stereocenters. The van der Waals surface area contributed by atoms with Crippen LogP contribution < -0.4 is 20.1 Å². The number of pyridine rings is 1. The third-order valence-electron chi connectivity index (χ3n) is 5.22. The van der Waals surface area contributed by atoms with Crippen LogP contribution >= 0.6 is 11.6 Å². The number of halogens is 1. The molecule has 1 unspecified atom stereocenters. The van der Waals surface area contributed by atoms with Crippen molar-refractivity contribution in [3.05, 3.63) is 38.9 Å². The lowest BCUT2D eigenvalue weighted by molar-refractivity contribution is -0.614. The number of amides is 1. The summed E-state index contributed by atoms with van der Waals surface area (Å²) in [4.78, 5) is 24.2. The minimum Gasteiger partial charge on any atom is -0.618 e. The molecular formula is C19H25ClN6O3. The van der Waals surface area contributed by atoms with Crippen LogP contribution in [0.1, 0.15) is 34.7 Å². The lowest BCUT2D eigenvalue weighted by Crippen LogP contribution is -2.38. The van der Waals surface area contributed by atoms with Crippen LogP contribution in [-0.4, -0.2) is 48.5 Å². The number of rotatable bonds is 5. The molecule has 2 aromatic heterocycles. The second-order valence-electron chi connectivity index (χ2n) is 7.42. The molecule has 0 aromatic carbocycles. The minimum absolute atomic E-state index is 0.0252. The standard InChI is InChI=1S/C19H25ClN6O3/c1-10-7-26(28)13(11(2)16(10)29-5)9-25-8-12(6-14(27)24(3)4)15-17(20)22-19(21)23-18(15)25/h7,12H,6,8-9H2,1-5H3,(H2,21,22,23). The van der Waals surface area contributed by atoms with Crippen molar-refractivity contribution in [2.75, 3.05) is 38.4 Å². The van der Waals surface area contributed by atoms with Crippen LogP contribution in [0.5, 0.6) is 5.75 Å². The van der Waals surface area contributed by atoms with Crippen LogP contribution in [0, 0.1) is 19.1 Å². The summed E-state index contributed by atoms with van der Waals surface area (Å²) < 4.78 is 6.30. The Kier molecular flexibility index (Phi) is 5.70. The first kappa shape index (κ1) is 20.9. The van der Waals surface area contributed by atoms with E-state index in [-0.39, 0.29) is 35.9 Å². The number of aromatic nitrogens is 3. The maximum absolute atomic E-state index is 12.6. The lowest BCUT2D eigenvalue weighted by Gasteiger charge is -2.21. The first-order chi connectivity index (χ1) is 13.6. The molecule has 0 saturated carbocycles. The summed E-state index contributed by atoms with van der Waals surface area (Å²) in [5.41, 5.74) is 8.54. The number of nitrogen functional groups attached to an aromatic ring is 1. The van der Waals surface area contributed by atoms with Gasteiger partial charge in [0.15, 0.2) is 6.20 Å². The summed E-state index contributed by atoms with van der Waals surface area (Å²) in [5, 5.41) is 12.8. The molecule has 10 heteroatoms. The molecule has 0 aliphatic carbocycles. The molecule has 0 fully saturated rings. The highest BCUT2D eigenvalue weighted by Crippen LogP contribution is 2.42. The monoisotopic (exact) mass is 420 g/mol. The average molecular weight is 421 g/mol. The van der Waals surface area contributed by atoms with E-state index in [1.165, 1.54) is 11.1 Å². The van der Waals surface area contributed by atoms with Crippen molar-refractivity contribution in [1.82, 2.24) is 14.9 Å². The lowest BCUT2D eigenvalue weighted by atomic mass is 10.00. The van der Waals surface area contributed by atoms with Crippen LogP contribution in [0.3, 0.4) is 0 Å². The van der Waals surface area contributed by atoms with Gasteiger partial charge in [-0.1, -0.05) is 11.6 Å². The highest BCUT2D eigenvalue weighted by atomic mass is 35.5. The first-order valence-electron chi connectivity index (χ1n) is 9.18. The molecule has 2 N–H and O–H groups in total. The Labute approximate surface area is 174 Å². The molecule has 1 aliphatic heterocycles. The summed E-state index contributed by atoms with van der Waals surface area (Å²) >= 11 is 6.36. The molecule has 0 spiro atoms. The van der Waals surface area contributed by atoms with Gasteiger partial charge in [0.05, 0.1) is 18.2 Å². The zero-order chi connectivity index (χ0) is 21.5. The highest BCUT2D eigenvalue weighted by molar-refractivity contribution is 6.30. The molecule has 2 aromatic rings. The van der Waals surface area contributed by atoms with Gasteiger partial charge in [-0.15, -0.1) is 0 Å². The number of hydrogen-bond donors (Lipinski definition) is 1. The molecule has 1 amide bonds. The maximum Gasteiger partial charge on any atom is 0.223 e. The van der Waals surface area contributed by atoms with E-state index in [0.717, 1.165) is 15.9 Å². The fourth-order valence-electron chi connectivity index (χ4n) is 3.77. The SMILES string of the molecule is COc1c(C)c[n+]([O-])c(CN2CC(CC(=O)N(C)C)c3c(Cl)nc(N)nc32)c1C. The molecule has 1 aliphatic rings. The Hall–Kier alpha value is -2.81. The number of fused-ring (bicyclic) bond motifs is 1. The average Bonchev–Trinajstić information content (AvgIpc) is 2.96. The quantitative estimate of drug-likeness (QED) is 0.443. The number of ether oxygens (including phenoxy) is 1. The van der Waals surface area contributed by atoms with Crippen molar-refractivity contribution in [2.24, 2.45) is 0 Å². The predicted molar refractivity (Wildman–Crippen MR) is 110 cm³/mol. The summed E-state index contributed by atoms with van der Waals surface area (Å²) in [7, 11) is 4.99. The van der Waals surface area contributed by atoms with Crippen LogP contribution in [0.2, 0.25) is 5.15 Å². The van der Waals surface area contributed by atoms with E-state index in [0.29, 0.717) is 29.4 Å². The summed E-state index contributed by atoms with van der Waals surface area (Å²) in [6.45, 7) is 4.42. The van der Waals surface area contributed by atoms with Crippen molar-refractivity contribution in [1.29, 1.82) is 0 Å². The molecule has 0 saturated heterocycles. The van der Waals surface area contributed by atoms with E-state index < -0.39 is 0 Å². The van der Waals surface area contributed by atoms with Crippen molar-refractivity contribution < 1.29 is 14.3 Å². The van der Waals surface area contributed by atoms with Crippen LogP contribution in [0.15, 0.2) is 6.20 Å². The Morgan fingerprint density at radius 1 is 1.45 bits per heavy atom. The Bertz CT molecular complexity index is 966. The number of carbonyl (C=O) groups excluding carboxylic acids is 1. The van der Waals surface area contributed by atoms with E-state index in [1.807, 2.05) is 18.7 Å². The van der Waals surface area contributed by atoms with Gasteiger partial charge in [-0.25, -0.2) is 4.98 Å². The predicted octanol–water partition coefficient (Wildman–Crippen LogP) is 1.55. The number of hydrogen-bond acceptors (Lipinski definition) is 7. The van der Waals surface area contributed by atoms with Gasteiger partial charge in [0.1, 0.15) is 23.3 Å². The fraction of sp³-hybridized carbons (Fsp3) is 0.474. The zero-order valence-corrected chi connectivity index (χ0v) is 17.9. The number of anilines is 2. The Morgan fingerprint density at radius 3 is 2.76 bits per heavy atom. The van der Waals surface area contributed by atoms with Crippen molar-refractivity contribution >= 4 is 29.3 Å². The fourth-order valence-corrected chi connectivity index (χ4v) is 4.10. The smallest absolute Gasteiger partial charge is 0.223 e. The topological polar surface area (TPSA) is 112 Å². The van der Waals surface area contributed by atoms with Gasteiger partial charge in [-0.05, 0) is 13.8 Å². The van der Waals surface area contributed by atoms with E-state index in [4.69, 9.17) is 22.1 Å². The molecule has 0 bridgehead atoms. The van der Waals surface area contributed by atoms with Gasteiger partial charge in [0, 0.05) is 38.5 Å². The summed E-state index contributed by atoms with van der Waals surface area (Å²) in [5.74, 6) is 1.05. The second-order valence-corrected chi connectivity index (χ2v) is 7.78. The third kappa shape index (κ3) is 3.87. The Balaban J connectivity index is 2.01. The molecule has 3 heterocycles. The number of carbonyl (C=O) groups is 1. The van der Waals surface area contributed by atoms with Gasteiger partial charge in [0.2, 0.25) is 17.5 Å². The van der Waals surface area contributed by atoms with Crippen molar-refractivity contribution in [3.8, 4) is 5.75 Å². The molecule has 156 valence electrons. The molecule has 0 radical (unpaired) electrons. The third-order valence-corrected chi connectivity index (χ3v) is 5.51. The second kappa shape index (κ2) is 7.90. The van der Waals surface area contributed by atoms with Crippen LogP contribution in [-0.2, 0) is 11.3 Å². The highest BCUT2D eigenvalue weighted by Gasteiger charge is 2.36. The molecular weight excluding hydrogens is 396 g/mol. The maximum atomic E-state index is 12.6. The number of methoxy groups -OCH3 is 1. The molecule has 9 nitrogen and oxygen atoms in total. The normalized spacial score (nSPS) is 15.4. The van der Waals surface area contributed by atoms with Gasteiger partial charge >= 0.3 is 0 Å². The zero-order valence-electron chi connectivity index (χ0n) is 17.2. The van der Waals surface area contributed by atoms with Gasteiger partial charge < -0.3 is 25.5 Å². The number of aryl methyl sites for hydroxylation is 1. The molecule has 3 rings (SSSR count). The largest absolute Gasteiger partial charge is 0.618 e. The van der Waals surface area contributed by atoms with E-state index in [1.54, 1.807) is 21.2 Å². The summed E-state index contributed by atoms with van der Waals surface area (Å²) in [6, 6.07) is 0. The van der Waals surface area contributed by atoms with Crippen molar-refractivity contribution in [2.45, 2.75) is 32.7 Å². The van der Waals surface area contributed by atoms with Crippen LogP contribution in [0.4, 0.5) is 11.8 Å². The minimum atomic E-state index is -0.194. The van der Waals surface area contributed by atoms with E-state index >= 15 is 0 Å². The van der Waals surface area contributed by atoms with Crippen LogP contribution in [0.25, 0.3) is 0 Å². The van der Waals surface area contributed by atoms with E-state index in [2.05, 4.69) is 9.97 Å². The number of nitrogens with zero attached hydrogens (tertiary/aromatic N) is 5.